The van der Waals surface area contributed by atoms with Crippen molar-refractivity contribution in [1.82, 2.24) is 15.2 Å². The first kappa shape index (κ1) is 19.0. The molecule has 2 heterocycles. The summed E-state index contributed by atoms with van der Waals surface area (Å²) in [6, 6.07) is 8.64. The largest absolute Gasteiger partial charge is 0.326 e. The van der Waals surface area contributed by atoms with Gasteiger partial charge < -0.3 is 10.6 Å². The number of aromatic nitrogens is 1. The second kappa shape index (κ2) is 8.30. The van der Waals surface area contributed by atoms with Crippen LogP contribution in [0.5, 0.6) is 0 Å². The Hall–Kier alpha value is -2.74. The molecule has 4 amide bonds. The summed E-state index contributed by atoms with van der Waals surface area (Å²) in [6.07, 6.45) is 1.01. The summed E-state index contributed by atoms with van der Waals surface area (Å²) < 4.78 is 0. The molecule has 1 aliphatic heterocycles. The number of nitrogens with one attached hydrogen (secondary N) is 2. The molecule has 1 fully saturated rings. The molecule has 2 N–H and O–H groups in total. The van der Waals surface area contributed by atoms with Crippen LogP contribution in [0.4, 0.5) is 9.93 Å². The van der Waals surface area contributed by atoms with Crippen molar-refractivity contribution in [2.75, 3.05) is 11.9 Å². The van der Waals surface area contributed by atoms with E-state index in [0.29, 0.717) is 18.1 Å². The van der Waals surface area contributed by atoms with Gasteiger partial charge in [-0.2, -0.15) is 0 Å². The summed E-state index contributed by atoms with van der Waals surface area (Å²) in [5, 5.41) is 5.97. The topological polar surface area (TPSA) is 91.4 Å². The van der Waals surface area contributed by atoms with Crippen LogP contribution in [-0.2, 0) is 16.0 Å². The zero-order valence-corrected chi connectivity index (χ0v) is 16.1. The van der Waals surface area contributed by atoms with Gasteiger partial charge in [-0.3, -0.25) is 14.5 Å². The van der Waals surface area contributed by atoms with E-state index >= 15 is 0 Å². The lowest BCUT2D eigenvalue weighted by Crippen LogP contribution is -2.33. The number of amides is 4. The highest BCUT2D eigenvalue weighted by atomic mass is 32.1. The van der Waals surface area contributed by atoms with Crippen molar-refractivity contribution >= 4 is 34.3 Å². The van der Waals surface area contributed by atoms with Gasteiger partial charge in [-0.05, 0) is 32.3 Å². The molecule has 1 aromatic carbocycles. The third-order valence-electron chi connectivity index (χ3n) is 4.51. The van der Waals surface area contributed by atoms with Crippen LogP contribution in [0.3, 0.4) is 0 Å². The average molecular weight is 386 g/mol. The molecule has 27 heavy (non-hydrogen) atoms. The van der Waals surface area contributed by atoms with Crippen molar-refractivity contribution in [3.63, 3.8) is 0 Å². The number of hydrogen-bond acceptors (Lipinski definition) is 5. The fourth-order valence-corrected chi connectivity index (χ4v) is 3.68. The van der Waals surface area contributed by atoms with Crippen molar-refractivity contribution in [3.05, 3.63) is 46.5 Å². The minimum absolute atomic E-state index is 0.140. The predicted molar refractivity (Wildman–Crippen MR) is 104 cm³/mol. The van der Waals surface area contributed by atoms with E-state index in [2.05, 4.69) is 15.6 Å². The van der Waals surface area contributed by atoms with Crippen LogP contribution in [0.1, 0.15) is 29.0 Å². The Morgan fingerprint density at radius 3 is 2.67 bits per heavy atom. The summed E-state index contributed by atoms with van der Waals surface area (Å²) in [5.74, 6) is -0.488. The molecule has 1 atom stereocenters. The van der Waals surface area contributed by atoms with Gasteiger partial charge in [-0.15, -0.1) is 11.3 Å². The third-order valence-corrected chi connectivity index (χ3v) is 5.50. The van der Waals surface area contributed by atoms with Gasteiger partial charge in [0.25, 0.3) is 5.91 Å². The summed E-state index contributed by atoms with van der Waals surface area (Å²) in [4.78, 5) is 43.2. The molecule has 3 rings (SSSR count). The zero-order valence-electron chi connectivity index (χ0n) is 15.3. The van der Waals surface area contributed by atoms with E-state index in [0.717, 1.165) is 16.1 Å². The van der Waals surface area contributed by atoms with Gasteiger partial charge in [-0.1, -0.05) is 30.3 Å². The second-order valence-corrected chi connectivity index (χ2v) is 7.68. The minimum Gasteiger partial charge on any atom is -0.326 e. The van der Waals surface area contributed by atoms with E-state index in [1.54, 1.807) is 0 Å². The Bertz CT molecular complexity index is 830. The molecule has 1 aliphatic rings. The SMILES string of the molecule is Cc1nc(NC(=O)CCC2NC(=O)N(CCc3ccccc3)C2=O)sc1C. The van der Waals surface area contributed by atoms with E-state index in [1.807, 2.05) is 44.2 Å². The van der Waals surface area contributed by atoms with Gasteiger partial charge in [0.2, 0.25) is 5.91 Å². The number of urea groups is 1. The maximum atomic E-state index is 12.5. The lowest BCUT2D eigenvalue weighted by atomic mass is 10.1. The Morgan fingerprint density at radius 1 is 1.26 bits per heavy atom. The fraction of sp³-hybridized carbons (Fsp3) is 0.368. The predicted octanol–water partition coefficient (Wildman–Crippen LogP) is 2.64. The van der Waals surface area contributed by atoms with Crippen LogP contribution < -0.4 is 10.6 Å². The average Bonchev–Trinajstić information content (AvgIpc) is 3.10. The highest BCUT2D eigenvalue weighted by molar-refractivity contribution is 7.15. The van der Waals surface area contributed by atoms with Crippen molar-refractivity contribution in [2.24, 2.45) is 0 Å². The molecule has 0 saturated carbocycles. The Balaban J connectivity index is 1.48. The Morgan fingerprint density at radius 2 is 2.00 bits per heavy atom. The molecule has 1 unspecified atom stereocenters. The summed E-state index contributed by atoms with van der Waals surface area (Å²) in [6.45, 7) is 4.16. The molecular formula is C19H22N4O3S. The van der Waals surface area contributed by atoms with E-state index in [1.165, 1.54) is 16.2 Å². The highest BCUT2D eigenvalue weighted by Crippen LogP contribution is 2.21. The van der Waals surface area contributed by atoms with Gasteiger partial charge in [0.05, 0.1) is 5.69 Å². The Labute approximate surface area is 161 Å². The number of carbonyl (C=O) groups excluding carboxylic acids is 3. The van der Waals surface area contributed by atoms with Gasteiger partial charge in [0.1, 0.15) is 6.04 Å². The van der Waals surface area contributed by atoms with Gasteiger partial charge in [-0.25, -0.2) is 9.78 Å². The minimum atomic E-state index is -0.654. The van der Waals surface area contributed by atoms with E-state index in [-0.39, 0.29) is 24.7 Å². The summed E-state index contributed by atoms with van der Waals surface area (Å²) in [5.41, 5.74) is 1.96. The second-order valence-electron chi connectivity index (χ2n) is 6.48. The number of benzene rings is 1. The van der Waals surface area contributed by atoms with Crippen LogP contribution in [0.15, 0.2) is 30.3 Å². The zero-order chi connectivity index (χ0) is 19.4. The third kappa shape index (κ3) is 4.71. The lowest BCUT2D eigenvalue weighted by molar-refractivity contribution is -0.127. The van der Waals surface area contributed by atoms with Gasteiger partial charge in [0.15, 0.2) is 5.13 Å². The fourth-order valence-electron chi connectivity index (χ4n) is 2.85. The smallest absolute Gasteiger partial charge is 0.324 e. The molecule has 7 nitrogen and oxygen atoms in total. The van der Waals surface area contributed by atoms with E-state index in [9.17, 15) is 14.4 Å². The molecule has 2 aromatic rings. The summed E-state index contributed by atoms with van der Waals surface area (Å²) in [7, 11) is 0. The number of aryl methyl sites for hydroxylation is 2. The number of imide groups is 1. The van der Waals surface area contributed by atoms with Crippen molar-refractivity contribution < 1.29 is 14.4 Å². The van der Waals surface area contributed by atoms with Gasteiger partial charge in [0, 0.05) is 17.8 Å². The molecule has 0 spiro atoms. The molecular weight excluding hydrogens is 364 g/mol. The van der Waals surface area contributed by atoms with E-state index < -0.39 is 12.1 Å². The van der Waals surface area contributed by atoms with Crippen molar-refractivity contribution in [2.45, 2.75) is 39.2 Å². The van der Waals surface area contributed by atoms with Crippen molar-refractivity contribution in [3.8, 4) is 0 Å². The maximum absolute atomic E-state index is 12.5. The molecule has 142 valence electrons. The standard InChI is InChI=1S/C19H22N4O3S/c1-12-13(2)27-18(20-12)22-16(24)9-8-15-17(25)23(19(26)21-15)11-10-14-6-4-3-5-7-14/h3-7,15H,8-11H2,1-2H3,(H,21,26)(H,20,22,24). The number of anilines is 1. The van der Waals surface area contributed by atoms with Crippen LogP contribution >= 0.6 is 11.3 Å². The molecule has 1 saturated heterocycles. The van der Waals surface area contributed by atoms with Crippen LogP contribution in [-0.4, -0.2) is 40.3 Å². The monoisotopic (exact) mass is 386 g/mol. The molecule has 1 aromatic heterocycles. The lowest BCUT2D eigenvalue weighted by Gasteiger charge is -2.13. The molecule has 0 radical (unpaired) electrons. The van der Waals surface area contributed by atoms with Crippen molar-refractivity contribution in [1.29, 1.82) is 0 Å². The number of carbonyl (C=O) groups is 3. The first-order chi connectivity index (χ1) is 12.9. The molecule has 0 bridgehead atoms. The first-order valence-corrected chi connectivity index (χ1v) is 9.65. The molecule has 0 aliphatic carbocycles. The first-order valence-electron chi connectivity index (χ1n) is 8.83. The number of nitrogens with zero attached hydrogens (tertiary/aromatic N) is 2. The highest BCUT2D eigenvalue weighted by Gasteiger charge is 2.37. The summed E-state index contributed by atoms with van der Waals surface area (Å²) >= 11 is 1.42. The van der Waals surface area contributed by atoms with Crippen LogP contribution in [0.2, 0.25) is 0 Å². The number of hydrogen-bond donors (Lipinski definition) is 2. The van der Waals surface area contributed by atoms with E-state index in [4.69, 9.17) is 0 Å². The van der Waals surface area contributed by atoms with Crippen LogP contribution in [0, 0.1) is 13.8 Å². The normalized spacial score (nSPS) is 16.5. The van der Waals surface area contributed by atoms with Gasteiger partial charge >= 0.3 is 6.03 Å². The van der Waals surface area contributed by atoms with Crippen LogP contribution in [0.25, 0.3) is 0 Å². The maximum Gasteiger partial charge on any atom is 0.324 e. The number of rotatable bonds is 7. The number of thiazole rings is 1. The Kier molecular flexibility index (Phi) is 5.85. The molecule has 8 heteroatoms. The quantitative estimate of drug-likeness (QED) is 0.716.